The van der Waals surface area contributed by atoms with E-state index >= 15 is 0 Å². The molecule has 1 rings (SSSR count). The van der Waals surface area contributed by atoms with Gasteiger partial charge in [0.25, 0.3) is 0 Å². The van der Waals surface area contributed by atoms with Gasteiger partial charge in [0.05, 0.1) is 0 Å². The van der Waals surface area contributed by atoms with Crippen LogP contribution in [0.5, 0.6) is 0 Å². The van der Waals surface area contributed by atoms with Gasteiger partial charge in [-0.15, -0.1) is 0 Å². The molecule has 0 aliphatic heterocycles. The fraction of sp³-hybridized carbons (Fsp3) is 0.0833. The second kappa shape index (κ2) is 5.40. The van der Waals surface area contributed by atoms with Crippen molar-refractivity contribution in [3.05, 3.63) is 59.9 Å². The minimum absolute atomic E-state index is 0.511. The van der Waals surface area contributed by atoms with E-state index in [0.717, 1.165) is 11.1 Å². The molecule has 1 aromatic rings. The van der Waals surface area contributed by atoms with Gasteiger partial charge in [-0.3, -0.25) is 0 Å². The summed E-state index contributed by atoms with van der Waals surface area (Å²) in [5, 5.41) is 0.511. The molecule has 0 atom stereocenters. The molecule has 1 aromatic heterocycles. The molecule has 0 spiro atoms. The summed E-state index contributed by atoms with van der Waals surface area (Å²) < 4.78 is 0. The number of halogens is 1. The summed E-state index contributed by atoms with van der Waals surface area (Å²) in [5.74, 6) is 0. The van der Waals surface area contributed by atoms with Crippen molar-refractivity contribution in [2.24, 2.45) is 0 Å². The fourth-order valence-electron chi connectivity index (χ4n) is 1.08. The average Bonchev–Trinajstić information content (AvgIpc) is 2.21. The lowest BCUT2D eigenvalue weighted by atomic mass is 10.1. The summed E-state index contributed by atoms with van der Waals surface area (Å²) in [5.41, 5.74) is 2.16. The minimum Gasteiger partial charge on any atom is -0.244 e. The van der Waals surface area contributed by atoms with Crippen molar-refractivity contribution >= 4 is 17.2 Å². The molecule has 0 unspecified atom stereocenters. The van der Waals surface area contributed by atoms with E-state index in [1.54, 1.807) is 18.3 Å². The second-order valence-corrected chi connectivity index (χ2v) is 3.10. The van der Waals surface area contributed by atoms with Gasteiger partial charge < -0.3 is 0 Å². The predicted octanol–water partition coefficient (Wildman–Crippen LogP) is 3.88. The summed E-state index contributed by atoms with van der Waals surface area (Å²) >= 11 is 5.70. The molecule has 0 saturated carbocycles. The van der Waals surface area contributed by atoms with Gasteiger partial charge in [0, 0.05) is 6.20 Å². The van der Waals surface area contributed by atoms with E-state index in [0.29, 0.717) is 5.15 Å². The number of nitrogens with zero attached hydrogens (tertiary/aromatic N) is 1. The minimum atomic E-state index is 0.511. The third-order valence-electron chi connectivity index (χ3n) is 1.78. The molecule has 14 heavy (non-hydrogen) atoms. The van der Waals surface area contributed by atoms with Crippen LogP contribution in [0.2, 0.25) is 5.15 Å². The van der Waals surface area contributed by atoms with Crippen LogP contribution in [0.1, 0.15) is 12.5 Å². The fourth-order valence-corrected chi connectivity index (χ4v) is 1.19. The van der Waals surface area contributed by atoms with Crippen LogP contribution in [-0.4, -0.2) is 4.98 Å². The van der Waals surface area contributed by atoms with Crippen LogP contribution in [0.25, 0.3) is 5.57 Å². The summed E-state index contributed by atoms with van der Waals surface area (Å²) in [7, 11) is 0. The van der Waals surface area contributed by atoms with E-state index in [1.807, 2.05) is 31.2 Å². The second-order valence-electron chi connectivity index (χ2n) is 2.71. The number of rotatable bonds is 3. The van der Waals surface area contributed by atoms with E-state index in [-0.39, 0.29) is 0 Å². The molecule has 1 nitrogen and oxygen atoms in total. The highest BCUT2D eigenvalue weighted by atomic mass is 35.5. The first-order chi connectivity index (χ1) is 6.77. The maximum Gasteiger partial charge on any atom is 0.129 e. The Morgan fingerprint density at radius 2 is 2.29 bits per heavy atom. The molecule has 0 aliphatic carbocycles. The first-order valence-corrected chi connectivity index (χ1v) is 4.73. The van der Waals surface area contributed by atoms with E-state index in [2.05, 4.69) is 11.6 Å². The highest BCUT2D eigenvalue weighted by Crippen LogP contribution is 2.16. The average molecular weight is 206 g/mol. The van der Waals surface area contributed by atoms with Crippen LogP contribution in [0.15, 0.2) is 49.2 Å². The van der Waals surface area contributed by atoms with Crippen LogP contribution in [0.4, 0.5) is 0 Å². The van der Waals surface area contributed by atoms with E-state index in [9.17, 15) is 0 Å². The molecular weight excluding hydrogens is 194 g/mol. The normalized spacial score (nSPS) is 12.0. The quantitative estimate of drug-likeness (QED) is 0.539. The van der Waals surface area contributed by atoms with Gasteiger partial charge in [-0.25, -0.2) is 4.98 Å². The largest absolute Gasteiger partial charge is 0.244 e. The summed E-state index contributed by atoms with van der Waals surface area (Å²) in [6.45, 7) is 5.61. The third kappa shape index (κ3) is 2.86. The summed E-state index contributed by atoms with van der Waals surface area (Å²) in [6.07, 6.45) is 9.39. The SMILES string of the molecule is C=C/C=C\C(=C/C)c1ccc(Cl)nc1. The van der Waals surface area contributed by atoms with Gasteiger partial charge in [-0.05, 0) is 30.2 Å². The van der Waals surface area contributed by atoms with Crippen molar-refractivity contribution in [3.63, 3.8) is 0 Å². The van der Waals surface area contributed by atoms with Gasteiger partial charge in [-0.1, -0.05) is 42.5 Å². The van der Waals surface area contributed by atoms with Gasteiger partial charge in [0.15, 0.2) is 0 Å². The maximum atomic E-state index is 5.70. The van der Waals surface area contributed by atoms with Crippen LogP contribution < -0.4 is 0 Å². The molecule has 0 aromatic carbocycles. The monoisotopic (exact) mass is 205 g/mol. The van der Waals surface area contributed by atoms with Gasteiger partial charge in [0.1, 0.15) is 5.15 Å². The van der Waals surface area contributed by atoms with Crippen LogP contribution in [-0.2, 0) is 0 Å². The Kier molecular flexibility index (Phi) is 4.14. The van der Waals surface area contributed by atoms with Crippen LogP contribution in [0, 0.1) is 0 Å². The summed E-state index contributed by atoms with van der Waals surface area (Å²) in [4.78, 5) is 4.02. The molecule has 0 saturated heterocycles. The van der Waals surface area contributed by atoms with Crippen molar-refractivity contribution in [2.75, 3.05) is 0 Å². The Balaban J connectivity index is 2.96. The lowest BCUT2D eigenvalue weighted by Gasteiger charge is -2.00. The van der Waals surface area contributed by atoms with Crippen LogP contribution >= 0.6 is 11.6 Å². The smallest absolute Gasteiger partial charge is 0.129 e. The Morgan fingerprint density at radius 3 is 2.79 bits per heavy atom. The predicted molar refractivity (Wildman–Crippen MR) is 62.2 cm³/mol. The lowest BCUT2D eigenvalue weighted by molar-refractivity contribution is 1.31. The molecule has 0 fully saturated rings. The highest BCUT2D eigenvalue weighted by Gasteiger charge is 1.96. The van der Waals surface area contributed by atoms with Gasteiger partial charge >= 0.3 is 0 Å². The van der Waals surface area contributed by atoms with Crippen LogP contribution in [0.3, 0.4) is 0 Å². The molecule has 0 N–H and O–H groups in total. The zero-order chi connectivity index (χ0) is 10.4. The molecule has 72 valence electrons. The topological polar surface area (TPSA) is 12.9 Å². The van der Waals surface area contributed by atoms with E-state index in [4.69, 9.17) is 11.6 Å². The van der Waals surface area contributed by atoms with Crippen molar-refractivity contribution in [1.82, 2.24) is 4.98 Å². The van der Waals surface area contributed by atoms with E-state index < -0.39 is 0 Å². The van der Waals surface area contributed by atoms with Crippen molar-refractivity contribution in [3.8, 4) is 0 Å². The first-order valence-electron chi connectivity index (χ1n) is 4.35. The molecule has 0 bridgehead atoms. The Labute approximate surface area is 89.4 Å². The first kappa shape index (κ1) is 10.7. The lowest BCUT2D eigenvalue weighted by Crippen LogP contribution is -1.82. The Hall–Kier alpha value is -1.34. The number of allylic oxidation sites excluding steroid dienone is 5. The number of hydrogen-bond acceptors (Lipinski definition) is 1. The summed E-state index contributed by atoms with van der Waals surface area (Å²) in [6, 6.07) is 3.72. The maximum absolute atomic E-state index is 5.70. The van der Waals surface area contributed by atoms with Crippen molar-refractivity contribution < 1.29 is 0 Å². The molecule has 1 heterocycles. The van der Waals surface area contributed by atoms with E-state index in [1.165, 1.54) is 0 Å². The van der Waals surface area contributed by atoms with Crippen molar-refractivity contribution in [1.29, 1.82) is 0 Å². The standard InChI is InChI=1S/C12H12ClN/c1-3-5-6-10(4-2)11-7-8-12(13)14-9-11/h3-9H,1H2,2H3/b6-5-,10-4+. The Bertz CT molecular complexity index is 360. The Morgan fingerprint density at radius 1 is 1.50 bits per heavy atom. The third-order valence-corrected chi connectivity index (χ3v) is 2.01. The molecule has 0 radical (unpaired) electrons. The molecule has 2 heteroatoms. The molecule has 0 aliphatic rings. The van der Waals surface area contributed by atoms with Gasteiger partial charge in [0.2, 0.25) is 0 Å². The van der Waals surface area contributed by atoms with Gasteiger partial charge in [-0.2, -0.15) is 0 Å². The number of pyridine rings is 1. The number of hydrogen-bond donors (Lipinski definition) is 0. The highest BCUT2D eigenvalue weighted by molar-refractivity contribution is 6.29. The molecular formula is C12H12ClN. The zero-order valence-electron chi connectivity index (χ0n) is 8.07. The zero-order valence-corrected chi connectivity index (χ0v) is 8.83. The molecule has 0 amide bonds. The number of aromatic nitrogens is 1. The van der Waals surface area contributed by atoms with Crippen molar-refractivity contribution in [2.45, 2.75) is 6.92 Å².